The van der Waals surface area contributed by atoms with Gasteiger partial charge in [-0.3, -0.25) is 0 Å². The van der Waals surface area contributed by atoms with Crippen LogP contribution in [0.1, 0.15) is 35.7 Å². The summed E-state index contributed by atoms with van der Waals surface area (Å²) >= 11 is 0. The molecule has 0 aromatic heterocycles. The summed E-state index contributed by atoms with van der Waals surface area (Å²) in [6.07, 6.45) is 0. The first kappa shape index (κ1) is 15.6. The summed E-state index contributed by atoms with van der Waals surface area (Å²) in [6.45, 7) is 3.16. The molecule has 0 aliphatic carbocycles. The molecule has 0 aliphatic heterocycles. The second-order valence-electron chi connectivity index (χ2n) is 5.16. The molecule has 2 atom stereocenters. The highest BCUT2D eigenvalue weighted by Crippen LogP contribution is 2.23. The Kier molecular flexibility index (Phi) is 5.04. The van der Waals surface area contributed by atoms with E-state index in [1.54, 1.807) is 6.92 Å². The van der Waals surface area contributed by atoms with Crippen molar-refractivity contribution >= 4 is 0 Å². The Balaban J connectivity index is 2.20. The number of aliphatic hydroxyl groups excluding tert-OH is 1. The maximum absolute atomic E-state index is 14.0. The van der Waals surface area contributed by atoms with E-state index in [2.05, 4.69) is 5.32 Å². The van der Waals surface area contributed by atoms with Gasteiger partial charge in [-0.15, -0.1) is 0 Å². The van der Waals surface area contributed by atoms with Gasteiger partial charge in [0, 0.05) is 11.6 Å². The van der Waals surface area contributed by atoms with Crippen LogP contribution in [-0.2, 0) is 0 Å². The molecule has 112 valence electrons. The van der Waals surface area contributed by atoms with Crippen LogP contribution in [0.3, 0.4) is 0 Å². The molecule has 0 bridgehead atoms. The first-order chi connectivity index (χ1) is 10.0. The number of hydrogen-bond acceptors (Lipinski definition) is 2. The van der Waals surface area contributed by atoms with E-state index in [4.69, 9.17) is 0 Å². The van der Waals surface area contributed by atoms with E-state index in [9.17, 15) is 13.9 Å². The van der Waals surface area contributed by atoms with Crippen molar-refractivity contribution in [2.45, 2.75) is 25.9 Å². The Labute approximate surface area is 123 Å². The average molecular weight is 291 g/mol. The SMILES string of the molecule is Cc1cc(F)c(C(C)NC(CO)c2ccccc2)cc1F. The van der Waals surface area contributed by atoms with Gasteiger partial charge in [-0.05, 0) is 37.1 Å². The minimum Gasteiger partial charge on any atom is -0.394 e. The molecule has 2 aromatic carbocycles. The summed E-state index contributed by atoms with van der Waals surface area (Å²) in [4.78, 5) is 0. The van der Waals surface area contributed by atoms with Gasteiger partial charge in [-0.25, -0.2) is 8.78 Å². The molecule has 2 aromatic rings. The Hall–Kier alpha value is -1.78. The van der Waals surface area contributed by atoms with Crippen molar-refractivity contribution in [1.82, 2.24) is 5.32 Å². The summed E-state index contributed by atoms with van der Waals surface area (Å²) < 4.78 is 27.6. The third kappa shape index (κ3) is 3.65. The molecule has 0 heterocycles. The lowest BCUT2D eigenvalue weighted by Crippen LogP contribution is -2.28. The number of nitrogens with one attached hydrogen (secondary N) is 1. The minimum atomic E-state index is -0.446. The highest BCUT2D eigenvalue weighted by atomic mass is 19.1. The van der Waals surface area contributed by atoms with Gasteiger partial charge in [-0.1, -0.05) is 30.3 Å². The Morgan fingerprint density at radius 2 is 1.76 bits per heavy atom. The second kappa shape index (κ2) is 6.78. The molecular weight excluding hydrogens is 272 g/mol. The summed E-state index contributed by atoms with van der Waals surface area (Å²) in [7, 11) is 0. The van der Waals surface area contributed by atoms with Crippen LogP contribution in [0.4, 0.5) is 8.78 Å². The third-order valence-corrected chi connectivity index (χ3v) is 3.58. The van der Waals surface area contributed by atoms with Gasteiger partial charge < -0.3 is 10.4 Å². The summed E-state index contributed by atoms with van der Waals surface area (Å²) in [5.41, 5.74) is 1.44. The van der Waals surface area contributed by atoms with Gasteiger partial charge in [0.2, 0.25) is 0 Å². The number of hydrogen-bond donors (Lipinski definition) is 2. The lowest BCUT2D eigenvalue weighted by Gasteiger charge is -2.23. The third-order valence-electron chi connectivity index (χ3n) is 3.58. The van der Waals surface area contributed by atoms with Crippen LogP contribution in [0.15, 0.2) is 42.5 Å². The molecule has 0 fully saturated rings. The minimum absolute atomic E-state index is 0.121. The van der Waals surface area contributed by atoms with E-state index in [1.165, 1.54) is 19.1 Å². The fourth-order valence-electron chi connectivity index (χ4n) is 2.32. The van der Waals surface area contributed by atoms with Crippen LogP contribution < -0.4 is 5.32 Å². The number of aliphatic hydroxyl groups is 1. The quantitative estimate of drug-likeness (QED) is 0.881. The predicted octanol–water partition coefficient (Wildman–Crippen LogP) is 3.66. The molecule has 2 unspecified atom stereocenters. The van der Waals surface area contributed by atoms with Crippen molar-refractivity contribution < 1.29 is 13.9 Å². The monoisotopic (exact) mass is 291 g/mol. The number of rotatable bonds is 5. The summed E-state index contributed by atoms with van der Waals surface area (Å²) in [5.74, 6) is -0.876. The molecule has 0 aliphatic rings. The lowest BCUT2D eigenvalue weighted by atomic mass is 10.0. The zero-order chi connectivity index (χ0) is 15.4. The highest BCUT2D eigenvalue weighted by molar-refractivity contribution is 5.28. The molecule has 21 heavy (non-hydrogen) atoms. The molecule has 0 amide bonds. The maximum Gasteiger partial charge on any atom is 0.128 e. The summed E-state index contributed by atoms with van der Waals surface area (Å²) in [5, 5.41) is 12.6. The Morgan fingerprint density at radius 1 is 1.10 bits per heavy atom. The molecule has 2 rings (SSSR count). The molecule has 2 nitrogen and oxygen atoms in total. The first-order valence-corrected chi connectivity index (χ1v) is 6.90. The normalized spacial score (nSPS) is 14.0. The van der Waals surface area contributed by atoms with Crippen LogP contribution in [0.5, 0.6) is 0 Å². The Bertz CT molecular complexity index is 601. The summed E-state index contributed by atoms with van der Waals surface area (Å²) in [6, 6.07) is 11.0. The van der Waals surface area contributed by atoms with Crippen molar-refractivity contribution in [2.75, 3.05) is 6.61 Å². The van der Waals surface area contributed by atoms with Crippen LogP contribution in [0.25, 0.3) is 0 Å². The van der Waals surface area contributed by atoms with E-state index in [-0.39, 0.29) is 23.8 Å². The van der Waals surface area contributed by atoms with Crippen molar-refractivity contribution in [2.24, 2.45) is 0 Å². The largest absolute Gasteiger partial charge is 0.394 e. The van der Waals surface area contributed by atoms with Crippen molar-refractivity contribution in [1.29, 1.82) is 0 Å². The van der Waals surface area contributed by atoms with Crippen LogP contribution in [0.2, 0.25) is 0 Å². The molecule has 0 saturated heterocycles. The van der Waals surface area contributed by atoms with Crippen LogP contribution in [-0.4, -0.2) is 11.7 Å². The zero-order valence-electron chi connectivity index (χ0n) is 12.1. The van der Waals surface area contributed by atoms with E-state index >= 15 is 0 Å². The molecule has 4 heteroatoms. The van der Waals surface area contributed by atoms with Crippen molar-refractivity contribution in [3.63, 3.8) is 0 Å². The van der Waals surface area contributed by atoms with Gasteiger partial charge in [0.05, 0.1) is 12.6 Å². The van der Waals surface area contributed by atoms with Crippen LogP contribution >= 0.6 is 0 Å². The molecular formula is C17H19F2NO. The van der Waals surface area contributed by atoms with Crippen molar-refractivity contribution in [3.8, 4) is 0 Å². The number of aryl methyl sites for hydroxylation is 1. The van der Waals surface area contributed by atoms with Gasteiger partial charge in [0.1, 0.15) is 11.6 Å². The highest BCUT2D eigenvalue weighted by Gasteiger charge is 2.18. The smallest absolute Gasteiger partial charge is 0.128 e. The molecule has 0 radical (unpaired) electrons. The van der Waals surface area contributed by atoms with E-state index in [0.29, 0.717) is 0 Å². The Morgan fingerprint density at radius 3 is 2.38 bits per heavy atom. The van der Waals surface area contributed by atoms with Crippen molar-refractivity contribution in [3.05, 3.63) is 70.8 Å². The standard InChI is InChI=1S/C17H19F2NO/c1-11-8-16(19)14(9-15(11)18)12(2)20-17(10-21)13-6-4-3-5-7-13/h3-9,12,17,20-21H,10H2,1-2H3. The van der Waals surface area contributed by atoms with Gasteiger partial charge in [0.15, 0.2) is 0 Å². The molecule has 2 N–H and O–H groups in total. The topological polar surface area (TPSA) is 32.3 Å². The fourth-order valence-corrected chi connectivity index (χ4v) is 2.32. The van der Waals surface area contributed by atoms with E-state index < -0.39 is 17.7 Å². The number of benzene rings is 2. The van der Waals surface area contributed by atoms with Gasteiger partial charge >= 0.3 is 0 Å². The molecule has 0 saturated carbocycles. The van der Waals surface area contributed by atoms with Crippen LogP contribution in [0, 0.1) is 18.6 Å². The predicted molar refractivity (Wildman–Crippen MR) is 78.9 cm³/mol. The molecule has 0 spiro atoms. The first-order valence-electron chi connectivity index (χ1n) is 6.90. The second-order valence-corrected chi connectivity index (χ2v) is 5.16. The maximum atomic E-state index is 14.0. The number of halogens is 2. The van der Waals surface area contributed by atoms with E-state index in [0.717, 1.165) is 5.56 Å². The average Bonchev–Trinajstić information content (AvgIpc) is 2.49. The van der Waals surface area contributed by atoms with Gasteiger partial charge in [-0.2, -0.15) is 0 Å². The lowest BCUT2D eigenvalue weighted by molar-refractivity contribution is 0.234. The van der Waals surface area contributed by atoms with E-state index in [1.807, 2.05) is 30.3 Å². The zero-order valence-corrected chi connectivity index (χ0v) is 12.1. The fraction of sp³-hybridized carbons (Fsp3) is 0.294. The van der Waals surface area contributed by atoms with Gasteiger partial charge in [0.25, 0.3) is 0 Å².